The normalized spacial score (nSPS) is 12.8. The predicted octanol–water partition coefficient (Wildman–Crippen LogP) is 3.73. The number of allylic oxidation sites excluding steroid dienone is 1. The maximum atomic E-state index is 5.89. The van der Waals surface area contributed by atoms with Gasteiger partial charge >= 0.3 is 0 Å². The fourth-order valence-electron chi connectivity index (χ4n) is 1.75. The van der Waals surface area contributed by atoms with Gasteiger partial charge in [-0.3, -0.25) is 0 Å². The smallest absolute Gasteiger partial charge is 0.126 e. The van der Waals surface area contributed by atoms with E-state index in [0.29, 0.717) is 5.92 Å². The third kappa shape index (κ3) is 5.37. The van der Waals surface area contributed by atoms with E-state index >= 15 is 0 Å². The standard InChI is InChI=1S/C16H25NO/c1-4-8-15-9-6-7-10-16(15)18-13-14(3)12-17-11-5-2/h4,6-10,14,17H,5,11-13H2,1-3H3/b8-4+. The van der Waals surface area contributed by atoms with Crippen LogP contribution in [0, 0.1) is 5.92 Å². The van der Waals surface area contributed by atoms with Gasteiger partial charge in [0.05, 0.1) is 6.61 Å². The first kappa shape index (κ1) is 14.8. The summed E-state index contributed by atoms with van der Waals surface area (Å²) in [6.45, 7) is 9.26. The molecule has 0 heterocycles. The van der Waals surface area contributed by atoms with E-state index in [0.717, 1.165) is 31.0 Å². The largest absolute Gasteiger partial charge is 0.493 e. The van der Waals surface area contributed by atoms with Crippen LogP contribution in [0.1, 0.15) is 32.8 Å². The second-order valence-corrected chi connectivity index (χ2v) is 4.66. The van der Waals surface area contributed by atoms with Crippen LogP contribution >= 0.6 is 0 Å². The Labute approximate surface area is 111 Å². The Balaban J connectivity index is 2.42. The van der Waals surface area contributed by atoms with Crippen LogP contribution in [0.15, 0.2) is 30.3 Å². The topological polar surface area (TPSA) is 21.3 Å². The number of para-hydroxylation sites is 1. The van der Waals surface area contributed by atoms with Gasteiger partial charge in [-0.05, 0) is 26.0 Å². The van der Waals surface area contributed by atoms with Crippen LogP contribution in [-0.4, -0.2) is 19.7 Å². The van der Waals surface area contributed by atoms with Crippen molar-refractivity contribution in [2.75, 3.05) is 19.7 Å². The fraction of sp³-hybridized carbons (Fsp3) is 0.500. The van der Waals surface area contributed by atoms with Crippen LogP contribution in [0.3, 0.4) is 0 Å². The third-order valence-electron chi connectivity index (χ3n) is 2.71. The minimum absolute atomic E-state index is 0.523. The van der Waals surface area contributed by atoms with Crippen molar-refractivity contribution in [1.82, 2.24) is 5.32 Å². The molecule has 1 aromatic carbocycles. The average molecular weight is 247 g/mol. The van der Waals surface area contributed by atoms with Crippen molar-refractivity contribution in [3.05, 3.63) is 35.9 Å². The third-order valence-corrected chi connectivity index (χ3v) is 2.71. The fourth-order valence-corrected chi connectivity index (χ4v) is 1.75. The summed E-state index contributed by atoms with van der Waals surface area (Å²) in [4.78, 5) is 0. The lowest BCUT2D eigenvalue weighted by Gasteiger charge is -2.15. The van der Waals surface area contributed by atoms with Gasteiger partial charge in [-0.15, -0.1) is 0 Å². The second-order valence-electron chi connectivity index (χ2n) is 4.66. The van der Waals surface area contributed by atoms with Gasteiger partial charge < -0.3 is 10.1 Å². The SMILES string of the molecule is C/C=C/c1ccccc1OCC(C)CNCCC. The first-order valence-corrected chi connectivity index (χ1v) is 6.83. The van der Waals surface area contributed by atoms with Gasteiger partial charge in [0, 0.05) is 18.0 Å². The Bertz CT molecular complexity index is 360. The Morgan fingerprint density at radius 1 is 1.33 bits per heavy atom. The van der Waals surface area contributed by atoms with E-state index in [1.165, 1.54) is 6.42 Å². The molecule has 0 amide bonds. The van der Waals surface area contributed by atoms with Crippen molar-refractivity contribution in [3.63, 3.8) is 0 Å². The van der Waals surface area contributed by atoms with Crippen LogP contribution in [0.2, 0.25) is 0 Å². The van der Waals surface area contributed by atoms with Crippen LogP contribution in [0.5, 0.6) is 5.75 Å². The lowest BCUT2D eigenvalue weighted by atomic mass is 10.1. The molecule has 0 aliphatic carbocycles. The highest BCUT2D eigenvalue weighted by atomic mass is 16.5. The van der Waals surface area contributed by atoms with E-state index in [-0.39, 0.29) is 0 Å². The molecular weight excluding hydrogens is 222 g/mol. The zero-order valence-electron chi connectivity index (χ0n) is 11.8. The molecule has 1 atom stereocenters. The molecule has 1 aromatic rings. The van der Waals surface area contributed by atoms with E-state index in [1.807, 2.05) is 31.2 Å². The van der Waals surface area contributed by atoms with Crippen molar-refractivity contribution in [3.8, 4) is 5.75 Å². The maximum absolute atomic E-state index is 5.89. The highest BCUT2D eigenvalue weighted by Crippen LogP contribution is 2.19. The molecule has 0 bridgehead atoms. The van der Waals surface area contributed by atoms with Crippen molar-refractivity contribution in [2.45, 2.75) is 27.2 Å². The van der Waals surface area contributed by atoms with Crippen LogP contribution < -0.4 is 10.1 Å². The van der Waals surface area contributed by atoms with E-state index in [2.05, 4.69) is 31.3 Å². The number of benzene rings is 1. The lowest BCUT2D eigenvalue weighted by Crippen LogP contribution is -2.25. The Morgan fingerprint density at radius 3 is 2.83 bits per heavy atom. The number of ether oxygens (including phenoxy) is 1. The van der Waals surface area contributed by atoms with Crippen molar-refractivity contribution in [2.24, 2.45) is 5.92 Å². The molecule has 18 heavy (non-hydrogen) atoms. The quantitative estimate of drug-likeness (QED) is 0.707. The minimum Gasteiger partial charge on any atom is -0.493 e. The van der Waals surface area contributed by atoms with Gasteiger partial charge in [-0.25, -0.2) is 0 Å². The molecule has 0 fully saturated rings. The molecule has 1 unspecified atom stereocenters. The summed E-state index contributed by atoms with van der Waals surface area (Å²) < 4.78 is 5.89. The number of rotatable bonds is 8. The molecule has 100 valence electrons. The molecule has 0 aliphatic rings. The van der Waals surface area contributed by atoms with Crippen molar-refractivity contribution < 1.29 is 4.74 Å². The maximum Gasteiger partial charge on any atom is 0.126 e. The Hall–Kier alpha value is -1.28. The molecule has 1 N–H and O–H groups in total. The van der Waals surface area contributed by atoms with Crippen molar-refractivity contribution in [1.29, 1.82) is 0 Å². The molecule has 0 aliphatic heterocycles. The summed E-state index contributed by atoms with van der Waals surface area (Å²) in [5, 5.41) is 3.42. The summed E-state index contributed by atoms with van der Waals surface area (Å²) >= 11 is 0. The summed E-state index contributed by atoms with van der Waals surface area (Å²) in [6.07, 6.45) is 5.29. The average Bonchev–Trinajstić information content (AvgIpc) is 2.38. The molecule has 2 nitrogen and oxygen atoms in total. The van der Waals surface area contributed by atoms with E-state index < -0.39 is 0 Å². The highest BCUT2D eigenvalue weighted by molar-refractivity contribution is 5.56. The number of nitrogens with one attached hydrogen (secondary N) is 1. The van der Waals surface area contributed by atoms with Gasteiger partial charge in [0.15, 0.2) is 0 Å². The first-order valence-electron chi connectivity index (χ1n) is 6.83. The molecule has 0 saturated carbocycles. The molecule has 0 spiro atoms. The minimum atomic E-state index is 0.523. The number of hydrogen-bond acceptors (Lipinski definition) is 2. The van der Waals surface area contributed by atoms with E-state index in [4.69, 9.17) is 4.74 Å². The molecule has 0 radical (unpaired) electrons. The molecule has 1 rings (SSSR count). The zero-order chi connectivity index (χ0) is 13.2. The van der Waals surface area contributed by atoms with Crippen LogP contribution in [0.4, 0.5) is 0 Å². The van der Waals surface area contributed by atoms with Gasteiger partial charge in [-0.2, -0.15) is 0 Å². The summed E-state index contributed by atoms with van der Waals surface area (Å²) in [5.41, 5.74) is 1.15. The zero-order valence-corrected chi connectivity index (χ0v) is 11.8. The number of hydrogen-bond donors (Lipinski definition) is 1. The lowest BCUT2D eigenvalue weighted by molar-refractivity contribution is 0.255. The highest BCUT2D eigenvalue weighted by Gasteiger charge is 2.04. The predicted molar refractivity (Wildman–Crippen MR) is 79.0 cm³/mol. The first-order chi connectivity index (χ1) is 8.77. The molecule has 2 heteroatoms. The summed E-state index contributed by atoms with van der Waals surface area (Å²) in [6, 6.07) is 8.16. The van der Waals surface area contributed by atoms with E-state index in [9.17, 15) is 0 Å². The van der Waals surface area contributed by atoms with E-state index in [1.54, 1.807) is 0 Å². The molecular formula is C16H25NO. The second kappa shape index (κ2) is 8.76. The monoisotopic (exact) mass is 247 g/mol. The van der Waals surface area contributed by atoms with Gasteiger partial charge in [0.1, 0.15) is 5.75 Å². The Morgan fingerprint density at radius 2 is 2.11 bits per heavy atom. The molecule has 0 aromatic heterocycles. The van der Waals surface area contributed by atoms with Gasteiger partial charge in [0.25, 0.3) is 0 Å². The molecule has 0 saturated heterocycles. The summed E-state index contributed by atoms with van der Waals surface area (Å²) in [7, 11) is 0. The van der Waals surface area contributed by atoms with Crippen LogP contribution in [0.25, 0.3) is 6.08 Å². The summed E-state index contributed by atoms with van der Waals surface area (Å²) in [5.74, 6) is 1.49. The van der Waals surface area contributed by atoms with Gasteiger partial charge in [0.2, 0.25) is 0 Å². The Kier molecular flexibility index (Phi) is 7.19. The van der Waals surface area contributed by atoms with Crippen LogP contribution in [-0.2, 0) is 0 Å². The van der Waals surface area contributed by atoms with Crippen molar-refractivity contribution >= 4 is 6.08 Å². The van der Waals surface area contributed by atoms with Gasteiger partial charge in [-0.1, -0.05) is 44.2 Å².